The second kappa shape index (κ2) is 13.3. The number of halogens is 2. The van der Waals surface area contributed by atoms with Crippen molar-refractivity contribution in [2.45, 2.75) is 51.6 Å². The molecule has 3 aromatic carbocycles. The highest BCUT2D eigenvalue weighted by atomic mass is 35.5. The Labute approximate surface area is 240 Å². The topological polar surface area (TPSA) is 86.8 Å². The molecule has 0 saturated heterocycles. The molecule has 0 fully saturated rings. The first-order chi connectivity index (χ1) is 18.4. The van der Waals surface area contributed by atoms with Crippen molar-refractivity contribution in [1.82, 2.24) is 10.2 Å². The quantitative estimate of drug-likeness (QED) is 0.308. The maximum absolute atomic E-state index is 13.9. The number of aryl methyl sites for hydroxylation is 2. The van der Waals surface area contributed by atoms with Gasteiger partial charge in [-0.15, -0.1) is 0 Å². The van der Waals surface area contributed by atoms with Crippen LogP contribution in [0.5, 0.6) is 0 Å². The highest BCUT2D eigenvalue weighted by Crippen LogP contribution is 2.31. The maximum Gasteiger partial charge on any atom is 0.264 e. The number of hydrogen-bond acceptors (Lipinski definition) is 4. The molecule has 0 bridgehead atoms. The van der Waals surface area contributed by atoms with Crippen LogP contribution in [0.25, 0.3) is 0 Å². The smallest absolute Gasteiger partial charge is 0.264 e. The fourth-order valence-electron chi connectivity index (χ4n) is 3.88. The van der Waals surface area contributed by atoms with E-state index in [0.29, 0.717) is 6.54 Å². The lowest BCUT2D eigenvalue weighted by Gasteiger charge is -2.32. The fraction of sp³-hybridized carbons (Fsp3) is 0.310. The van der Waals surface area contributed by atoms with E-state index in [1.54, 1.807) is 19.1 Å². The molecule has 0 aliphatic carbocycles. The summed E-state index contributed by atoms with van der Waals surface area (Å²) in [5, 5.41) is 3.22. The lowest BCUT2D eigenvalue weighted by molar-refractivity contribution is -0.139. The SMILES string of the molecule is CCCNC(=O)[C@H](C)N(Cc1ccc(C)cc1)C(=O)CN(c1ccc(Cl)c(Cl)c1)S(=O)(=O)c1ccc(C)cc1. The van der Waals surface area contributed by atoms with Crippen molar-refractivity contribution in [2.75, 3.05) is 17.4 Å². The molecule has 7 nitrogen and oxygen atoms in total. The maximum atomic E-state index is 13.9. The molecule has 0 saturated carbocycles. The number of carbonyl (C=O) groups is 2. The van der Waals surface area contributed by atoms with Gasteiger partial charge in [-0.25, -0.2) is 8.42 Å². The number of nitrogens with zero attached hydrogens (tertiary/aromatic N) is 2. The van der Waals surface area contributed by atoms with E-state index in [9.17, 15) is 18.0 Å². The monoisotopic (exact) mass is 589 g/mol. The fourth-order valence-corrected chi connectivity index (χ4v) is 5.57. The predicted molar refractivity (Wildman–Crippen MR) is 157 cm³/mol. The molecular weight excluding hydrogens is 557 g/mol. The summed E-state index contributed by atoms with van der Waals surface area (Å²) in [6.07, 6.45) is 0.740. The third-order valence-corrected chi connectivity index (χ3v) is 8.80. The van der Waals surface area contributed by atoms with Gasteiger partial charge in [0.05, 0.1) is 20.6 Å². The van der Waals surface area contributed by atoms with Crippen molar-refractivity contribution in [2.24, 2.45) is 0 Å². The van der Waals surface area contributed by atoms with Gasteiger partial charge in [-0.3, -0.25) is 13.9 Å². The molecule has 0 aliphatic heterocycles. The van der Waals surface area contributed by atoms with Crippen molar-refractivity contribution in [3.63, 3.8) is 0 Å². The Morgan fingerprint density at radius 3 is 2.05 bits per heavy atom. The number of carbonyl (C=O) groups excluding carboxylic acids is 2. The first kappa shape index (κ1) is 30.5. The third kappa shape index (κ3) is 7.75. The average Bonchev–Trinajstić information content (AvgIpc) is 2.91. The normalized spacial score (nSPS) is 12.1. The lowest BCUT2D eigenvalue weighted by Crippen LogP contribution is -2.51. The number of rotatable bonds is 11. The van der Waals surface area contributed by atoms with Gasteiger partial charge in [0.15, 0.2) is 0 Å². The Morgan fingerprint density at radius 1 is 0.897 bits per heavy atom. The molecule has 0 heterocycles. The molecule has 1 N–H and O–H groups in total. The summed E-state index contributed by atoms with van der Waals surface area (Å²) in [6.45, 7) is 7.42. The number of sulfonamides is 1. The van der Waals surface area contributed by atoms with Gasteiger partial charge in [0.1, 0.15) is 12.6 Å². The molecular formula is C29H33Cl2N3O4S. The average molecular weight is 591 g/mol. The molecule has 0 radical (unpaired) electrons. The van der Waals surface area contributed by atoms with Crippen molar-refractivity contribution in [3.8, 4) is 0 Å². The van der Waals surface area contributed by atoms with Crippen LogP contribution in [0, 0.1) is 13.8 Å². The van der Waals surface area contributed by atoms with E-state index >= 15 is 0 Å². The first-order valence-electron chi connectivity index (χ1n) is 12.6. The Bertz CT molecular complexity index is 1410. The van der Waals surface area contributed by atoms with Crippen LogP contribution in [-0.4, -0.2) is 44.3 Å². The highest BCUT2D eigenvalue weighted by molar-refractivity contribution is 7.92. The number of amides is 2. The van der Waals surface area contributed by atoms with E-state index in [0.717, 1.165) is 27.4 Å². The van der Waals surface area contributed by atoms with Crippen molar-refractivity contribution >= 4 is 50.7 Å². The molecule has 3 rings (SSSR count). The summed E-state index contributed by atoms with van der Waals surface area (Å²) in [6, 6.07) is 17.5. The van der Waals surface area contributed by atoms with Crippen LogP contribution in [0.3, 0.4) is 0 Å². The van der Waals surface area contributed by atoms with E-state index in [4.69, 9.17) is 23.2 Å². The molecule has 0 unspecified atom stereocenters. The zero-order valence-corrected chi connectivity index (χ0v) is 24.8. The molecule has 1 atom stereocenters. The molecule has 3 aromatic rings. The van der Waals surface area contributed by atoms with Crippen LogP contribution < -0.4 is 9.62 Å². The zero-order valence-electron chi connectivity index (χ0n) is 22.4. The molecule has 208 valence electrons. The Morgan fingerprint density at radius 2 is 1.49 bits per heavy atom. The Kier molecular flexibility index (Phi) is 10.4. The van der Waals surface area contributed by atoms with Gasteiger partial charge >= 0.3 is 0 Å². The summed E-state index contributed by atoms with van der Waals surface area (Å²) in [5.41, 5.74) is 2.94. The van der Waals surface area contributed by atoms with Crippen LogP contribution in [-0.2, 0) is 26.2 Å². The molecule has 2 amide bonds. The molecule has 0 aromatic heterocycles. The van der Waals surface area contributed by atoms with E-state index < -0.39 is 28.5 Å². The molecule has 0 aliphatic rings. The van der Waals surface area contributed by atoms with Crippen molar-refractivity contribution < 1.29 is 18.0 Å². The number of anilines is 1. The van der Waals surface area contributed by atoms with E-state index in [2.05, 4.69) is 5.32 Å². The highest BCUT2D eigenvalue weighted by Gasteiger charge is 2.32. The van der Waals surface area contributed by atoms with E-state index in [-0.39, 0.29) is 33.1 Å². The van der Waals surface area contributed by atoms with Crippen molar-refractivity contribution in [3.05, 3.63) is 93.5 Å². The van der Waals surface area contributed by atoms with Gasteiger partial charge in [0, 0.05) is 13.1 Å². The van der Waals surface area contributed by atoms with Crippen LogP contribution >= 0.6 is 23.2 Å². The summed E-state index contributed by atoms with van der Waals surface area (Å²) in [5.74, 6) is -0.865. The summed E-state index contributed by atoms with van der Waals surface area (Å²) >= 11 is 12.3. The van der Waals surface area contributed by atoms with Crippen molar-refractivity contribution in [1.29, 1.82) is 0 Å². The van der Waals surface area contributed by atoms with Gasteiger partial charge in [-0.2, -0.15) is 0 Å². The minimum absolute atomic E-state index is 0.0193. The third-order valence-electron chi connectivity index (χ3n) is 6.27. The van der Waals surface area contributed by atoms with Gasteiger partial charge < -0.3 is 10.2 Å². The lowest BCUT2D eigenvalue weighted by atomic mass is 10.1. The summed E-state index contributed by atoms with van der Waals surface area (Å²) in [4.78, 5) is 28.2. The Hall–Kier alpha value is -3.07. The summed E-state index contributed by atoms with van der Waals surface area (Å²) < 4.78 is 28.7. The van der Waals surface area contributed by atoms with Gasteiger partial charge in [-0.1, -0.05) is 77.7 Å². The van der Waals surface area contributed by atoms with Crippen LogP contribution in [0.15, 0.2) is 71.6 Å². The second-order valence-electron chi connectivity index (χ2n) is 9.40. The largest absolute Gasteiger partial charge is 0.354 e. The first-order valence-corrected chi connectivity index (χ1v) is 14.8. The molecule has 10 heteroatoms. The standard InChI is InChI=1S/C29H33Cl2N3O4S/c1-5-16-32-29(36)22(4)33(18-23-10-6-20(2)7-11-23)28(35)19-34(24-12-15-26(30)27(31)17-24)39(37,38)25-13-8-21(3)9-14-25/h6-15,17,22H,5,16,18-19H2,1-4H3,(H,32,36)/t22-/m0/s1. The van der Waals surface area contributed by atoms with Crippen LogP contribution in [0.1, 0.15) is 37.0 Å². The number of nitrogens with one attached hydrogen (secondary N) is 1. The summed E-state index contributed by atoms with van der Waals surface area (Å²) in [7, 11) is -4.18. The number of hydrogen-bond donors (Lipinski definition) is 1. The molecule has 39 heavy (non-hydrogen) atoms. The van der Waals surface area contributed by atoms with E-state index in [1.165, 1.54) is 35.2 Å². The Balaban J connectivity index is 2.04. The number of benzene rings is 3. The van der Waals surface area contributed by atoms with Gasteiger partial charge in [-0.05, 0) is 63.1 Å². The van der Waals surface area contributed by atoms with Crippen LogP contribution in [0.2, 0.25) is 10.0 Å². The second-order valence-corrected chi connectivity index (χ2v) is 12.1. The minimum Gasteiger partial charge on any atom is -0.354 e. The molecule has 0 spiro atoms. The predicted octanol–water partition coefficient (Wildman–Crippen LogP) is 5.75. The van der Waals surface area contributed by atoms with Gasteiger partial charge in [0.25, 0.3) is 10.0 Å². The zero-order chi connectivity index (χ0) is 28.7. The van der Waals surface area contributed by atoms with E-state index in [1.807, 2.05) is 45.0 Å². The minimum atomic E-state index is -4.18. The van der Waals surface area contributed by atoms with Gasteiger partial charge in [0.2, 0.25) is 11.8 Å². The van der Waals surface area contributed by atoms with Crippen LogP contribution in [0.4, 0.5) is 5.69 Å².